The monoisotopic (exact) mass is 413 g/mol. The Morgan fingerprint density at radius 2 is 1.63 bits per heavy atom. The molecular formula is C19H28ClN3O3S. The Morgan fingerprint density at radius 3 is 2.30 bits per heavy atom. The van der Waals surface area contributed by atoms with Crippen LogP contribution in [0.15, 0.2) is 24.3 Å². The Hall–Kier alpha value is -1.15. The molecule has 2 aliphatic heterocycles. The van der Waals surface area contributed by atoms with Gasteiger partial charge in [0.1, 0.15) is 0 Å². The molecular weight excluding hydrogens is 386 g/mol. The van der Waals surface area contributed by atoms with Crippen molar-refractivity contribution in [3.63, 3.8) is 0 Å². The maximum Gasteiger partial charge on any atom is 0.281 e. The zero-order valence-electron chi connectivity index (χ0n) is 15.6. The fourth-order valence-corrected chi connectivity index (χ4v) is 5.64. The third kappa shape index (κ3) is 5.44. The summed E-state index contributed by atoms with van der Waals surface area (Å²) in [5, 5.41) is 3.59. The van der Waals surface area contributed by atoms with Crippen molar-refractivity contribution in [2.75, 3.05) is 26.2 Å². The van der Waals surface area contributed by atoms with Crippen LogP contribution in [0.5, 0.6) is 0 Å². The fourth-order valence-electron chi connectivity index (χ4n) is 3.74. The number of benzene rings is 1. The van der Waals surface area contributed by atoms with E-state index in [2.05, 4.69) is 5.32 Å². The lowest BCUT2D eigenvalue weighted by molar-refractivity contribution is -0.126. The second-order valence-electron chi connectivity index (χ2n) is 7.36. The molecule has 2 fully saturated rings. The van der Waals surface area contributed by atoms with Crippen molar-refractivity contribution in [2.45, 2.75) is 45.1 Å². The van der Waals surface area contributed by atoms with Crippen molar-refractivity contribution in [3.8, 4) is 0 Å². The lowest BCUT2D eigenvalue weighted by Gasteiger charge is -2.34. The van der Waals surface area contributed by atoms with Crippen molar-refractivity contribution in [1.29, 1.82) is 0 Å². The average Bonchev–Trinajstić information content (AvgIpc) is 2.97. The number of hydrogen-bond acceptors (Lipinski definition) is 3. The van der Waals surface area contributed by atoms with E-state index in [0.717, 1.165) is 37.7 Å². The molecule has 8 heteroatoms. The summed E-state index contributed by atoms with van der Waals surface area (Å²) >= 11 is 5.88. The van der Waals surface area contributed by atoms with E-state index in [1.54, 1.807) is 16.4 Å². The van der Waals surface area contributed by atoms with Gasteiger partial charge in [-0.1, -0.05) is 36.6 Å². The predicted octanol–water partition coefficient (Wildman–Crippen LogP) is 2.79. The topological polar surface area (TPSA) is 69.7 Å². The van der Waals surface area contributed by atoms with Gasteiger partial charge in [-0.15, -0.1) is 0 Å². The third-order valence-electron chi connectivity index (χ3n) is 5.35. The number of nitrogens with zero attached hydrogens (tertiary/aromatic N) is 2. The van der Waals surface area contributed by atoms with Crippen LogP contribution in [0.3, 0.4) is 0 Å². The molecule has 0 spiro atoms. The second-order valence-corrected chi connectivity index (χ2v) is 9.73. The molecule has 0 bridgehead atoms. The van der Waals surface area contributed by atoms with Crippen LogP contribution in [0.25, 0.3) is 0 Å². The Labute approximate surface area is 167 Å². The molecule has 0 aliphatic carbocycles. The highest BCUT2D eigenvalue weighted by molar-refractivity contribution is 7.86. The molecule has 0 radical (unpaired) electrons. The number of nitrogens with one attached hydrogen (secondary N) is 1. The van der Waals surface area contributed by atoms with Crippen molar-refractivity contribution >= 4 is 27.7 Å². The van der Waals surface area contributed by atoms with E-state index < -0.39 is 10.2 Å². The Kier molecular flexibility index (Phi) is 7.14. The number of piperidine rings is 1. The van der Waals surface area contributed by atoms with Gasteiger partial charge < -0.3 is 5.32 Å². The highest BCUT2D eigenvalue weighted by Gasteiger charge is 2.35. The van der Waals surface area contributed by atoms with E-state index in [1.165, 1.54) is 4.31 Å². The first kappa shape index (κ1) is 20.6. The van der Waals surface area contributed by atoms with Crippen molar-refractivity contribution in [2.24, 2.45) is 5.92 Å². The average molecular weight is 414 g/mol. The van der Waals surface area contributed by atoms with E-state index in [9.17, 15) is 13.2 Å². The van der Waals surface area contributed by atoms with Crippen LogP contribution in [-0.2, 0) is 21.5 Å². The molecule has 0 aromatic heterocycles. The summed E-state index contributed by atoms with van der Waals surface area (Å²) in [5.74, 6) is -0.381. The number of halogens is 1. The Balaban J connectivity index is 1.57. The molecule has 2 saturated heterocycles. The van der Waals surface area contributed by atoms with Crippen molar-refractivity contribution in [1.82, 2.24) is 13.9 Å². The number of amides is 1. The quantitative estimate of drug-likeness (QED) is 0.806. The van der Waals surface area contributed by atoms with Gasteiger partial charge in [0.25, 0.3) is 10.2 Å². The molecule has 0 unspecified atom stereocenters. The third-order valence-corrected chi connectivity index (χ3v) is 7.61. The molecule has 1 amide bonds. The summed E-state index contributed by atoms with van der Waals surface area (Å²) in [6.07, 6.45) is 5.43. The summed E-state index contributed by atoms with van der Waals surface area (Å²) in [5.41, 5.74) is 0.970. The Bertz CT molecular complexity index is 731. The van der Waals surface area contributed by atoms with E-state index in [1.807, 2.05) is 12.1 Å². The number of hydrogen-bond donors (Lipinski definition) is 1. The van der Waals surface area contributed by atoms with Gasteiger partial charge >= 0.3 is 0 Å². The summed E-state index contributed by atoms with van der Waals surface area (Å²) < 4.78 is 29.1. The van der Waals surface area contributed by atoms with Gasteiger partial charge in [-0.3, -0.25) is 4.79 Å². The molecule has 1 aromatic rings. The number of carbonyl (C=O) groups is 1. The maximum atomic E-state index is 13.0. The van der Waals surface area contributed by atoms with Crippen LogP contribution in [0, 0.1) is 5.92 Å². The first-order valence-electron chi connectivity index (χ1n) is 9.74. The molecule has 0 saturated carbocycles. The SMILES string of the molecule is O=C(NCc1ccc(Cl)cc1)[C@H]1CCCN(S(=O)(=O)N2CCCCCC2)C1. The van der Waals surface area contributed by atoms with E-state index in [-0.39, 0.29) is 18.4 Å². The highest BCUT2D eigenvalue weighted by atomic mass is 35.5. The Morgan fingerprint density at radius 1 is 1.00 bits per heavy atom. The smallest absolute Gasteiger partial charge is 0.281 e. The van der Waals surface area contributed by atoms with Gasteiger partial charge in [0.15, 0.2) is 0 Å². The minimum absolute atomic E-state index is 0.0827. The van der Waals surface area contributed by atoms with Crippen molar-refractivity contribution in [3.05, 3.63) is 34.9 Å². The molecule has 1 aromatic carbocycles. The minimum atomic E-state index is -3.47. The normalized spacial score (nSPS) is 22.9. The zero-order chi connectivity index (χ0) is 19.3. The van der Waals surface area contributed by atoms with E-state index in [0.29, 0.717) is 37.6 Å². The summed E-state index contributed by atoms with van der Waals surface area (Å²) in [4.78, 5) is 12.6. The van der Waals surface area contributed by atoms with Crippen LogP contribution < -0.4 is 5.32 Å². The highest BCUT2D eigenvalue weighted by Crippen LogP contribution is 2.23. The number of carbonyl (C=O) groups excluding carboxylic acids is 1. The number of rotatable bonds is 5. The minimum Gasteiger partial charge on any atom is -0.352 e. The van der Waals surface area contributed by atoms with Gasteiger partial charge in [-0.05, 0) is 43.4 Å². The fraction of sp³-hybridized carbons (Fsp3) is 0.632. The molecule has 6 nitrogen and oxygen atoms in total. The van der Waals surface area contributed by atoms with Gasteiger partial charge in [0, 0.05) is 37.7 Å². The first-order valence-corrected chi connectivity index (χ1v) is 11.5. The molecule has 2 aliphatic rings. The molecule has 1 atom stereocenters. The maximum absolute atomic E-state index is 13.0. The zero-order valence-corrected chi connectivity index (χ0v) is 17.1. The molecule has 3 rings (SSSR count). The van der Waals surface area contributed by atoms with Crippen LogP contribution in [0.2, 0.25) is 5.02 Å². The summed E-state index contributed by atoms with van der Waals surface area (Å²) in [7, 11) is -3.47. The lowest BCUT2D eigenvalue weighted by atomic mass is 9.99. The molecule has 27 heavy (non-hydrogen) atoms. The van der Waals surface area contributed by atoms with Gasteiger partial charge in [0.2, 0.25) is 5.91 Å². The summed E-state index contributed by atoms with van der Waals surface area (Å²) in [6, 6.07) is 7.33. The van der Waals surface area contributed by atoms with Crippen LogP contribution >= 0.6 is 11.6 Å². The van der Waals surface area contributed by atoms with Gasteiger partial charge in [-0.25, -0.2) is 0 Å². The van der Waals surface area contributed by atoms with Crippen molar-refractivity contribution < 1.29 is 13.2 Å². The summed E-state index contributed by atoms with van der Waals surface area (Å²) in [6.45, 7) is 2.37. The van der Waals surface area contributed by atoms with Crippen LogP contribution in [0.4, 0.5) is 0 Å². The van der Waals surface area contributed by atoms with Gasteiger partial charge in [0.05, 0.1) is 5.92 Å². The molecule has 150 valence electrons. The lowest BCUT2D eigenvalue weighted by Crippen LogP contribution is -2.50. The molecule has 1 N–H and O–H groups in total. The van der Waals surface area contributed by atoms with Crippen LogP contribution in [0.1, 0.15) is 44.1 Å². The first-order chi connectivity index (χ1) is 13.0. The predicted molar refractivity (Wildman–Crippen MR) is 107 cm³/mol. The van der Waals surface area contributed by atoms with E-state index in [4.69, 9.17) is 11.6 Å². The second kappa shape index (κ2) is 9.37. The molecule has 2 heterocycles. The largest absolute Gasteiger partial charge is 0.352 e. The van der Waals surface area contributed by atoms with E-state index >= 15 is 0 Å². The van der Waals surface area contributed by atoms with Gasteiger partial charge in [-0.2, -0.15) is 17.0 Å². The van der Waals surface area contributed by atoms with Crippen LogP contribution in [-0.4, -0.2) is 49.1 Å². The standard InChI is InChI=1S/C19H28ClN3O3S/c20-18-9-7-16(8-10-18)14-21-19(24)17-6-5-13-23(15-17)27(25,26)22-11-3-1-2-4-12-22/h7-10,17H,1-6,11-15H2,(H,21,24)/t17-/m0/s1.